The number of methoxy groups -OCH3 is 1. The Kier molecular flexibility index (Phi) is 9.41. The molecule has 234 valence electrons. The molecule has 1 heterocycles. The van der Waals surface area contributed by atoms with Crippen molar-refractivity contribution in [2.24, 2.45) is 5.41 Å². The van der Waals surface area contributed by atoms with E-state index < -0.39 is 28.9 Å². The maximum Gasteiger partial charge on any atom is 0.240 e. The molecule has 1 aliphatic rings. The molecule has 10 nitrogen and oxygen atoms in total. The molecule has 0 spiro atoms. The van der Waals surface area contributed by atoms with Crippen LogP contribution >= 0.6 is 0 Å². The number of nitrogens with zero attached hydrogens (tertiary/aromatic N) is 1. The highest BCUT2D eigenvalue weighted by Gasteiger charge is 2.56. The summed E-state index contributed by atoms with van der Waals surface area (Å²) in [6, 6.07) is 14.2. The Morgan fingerprint density at radius 2 is 1.58 bits per heavy atom. The van der Waals surface area contributed by atoms with Gasteiger partial charge in [0.2, 0.25) is 17.7 Å². The second-order valence-corrected chi connectivity index (χ2v) is 10.5. The van der Waals surface area contributed by atoms with Crippen molar-refractivity contribution in [2.75, 3.05) is 30.9 Å². The Labute approximate surface area is 258 Å². The zero-order chi connectivity index (χ0) is 32.0. The number of rotatable bonds is 13. The maximum atomic E-state index is 15.2. The van der Waals surface area contributed by atoms with Gasteiger partial charge in [-0.05, 0) is 67.8 Å². The van der Waals surface area contributed by atoms with Crippen LogP contribution in [0, 0.1) is 17.0 Å². The summed E-state index contributed by atoms with van der Waals surface area (Å²) in [5.74, 6) is -1.17. The number of anilines is 2. The molecule has 0 unspecified atom stereocenters. The minimum atomic E-state index is -1.29. The summed E-state index contributed by atoms with van der Waals surface area (Å²) in [5, 5.41) is 8.60. The van der Waals surface area contributed by atoms with Crippen LogP contribution < -0.4 is 30.2 Å². The summed E-state index contributed by atoms with van der Waals surface area (Å²) >= 11 is 0. The summed E-state index contributed by atoms with van der Waals surface area (Å²) in [5.41, 5.74) is -0.238. The molecule has 4 aromatic rings. The van der Waals surface area contributed by atoms with Gasteiger partial charge in [0, 0.05) is 48.1 Å². The predicted molar refractivity (Wildman–Crippen MR) is 164 cm³/mol. The molecule has 45 heavy (non-hydrogen) atoms. The Morgan fingerprint density at radius 3 is 2.24 bits per heavy atom. The highest BCUT2D eigenvalue weighted by molar-refractivity contribution is 6.16. The fourth-order valence-corrected chi connectivity index (χ4v) is 4.59. The molecule has 1 aromatic heterocycles. The minimum absolute atomic E-state index is 0.0264. The summed E-state index contributed by atoms with van der Waals surface area (Å²) < 4.78 is 45.6. The minimum Gasteiger partial charge on any atom is -0.493 e. The van der Waals surface area contributed by atoms with Crippen LogP contribution in [0.25, 0.3) is 10.9 Å². The van der Waals surface area contributed by atoms with Crippen LogP contribution in [-0.2, 0) is 14.4 Å². The first-order valence-corrected chi connectivity index (χ1v) is 14.4. The van der Waals surface area contributed by atoms with Gasteiger partial charge in [-0.15, -0.1) is 0 Å². The third kappa shape index (κ3) is 7.28. The van der Waals surface area contributed by atoms with Crippen LogP contribution in [0.4, 0.5) is 20.2 Å². The van der Waals surface area contributed by atoms with Crippen LogP contribution in [0.5, 0.6) is 23.0 Å². The van der Waals surface area contributed by atoms with E-state index in [0.717, 1.165) is 6.07 Å². The van der Waals surface area contributed by atoms with Crippen LogP contribution in [0.2, 0.25) is 0 Å². The number of halogens is 2. The van der Waals surface area contributed by atoms with Gasteiger partial charge in [-0.25, -0.2) is 8.78 Å². The molecular formula is C33H32F2N4O6. The lowest BCUT2D eigenvalue weighted by Gasteiger charge is -2.16. The van der Waals surface area contributed by atoms with Crippen molar-refractivity contribution < 1.29 is 37.4 Å². The quantitative estimate of drug-likeness (QED) is 0.125. The maximum absolute atomic E-state index is 15.2. The number of carbonyl (C=O) groups excluding carboxylic acids is 3. The SMILES string of the molecule is CCC(=O)NCCCOc1cc2nccc(Oc3ccc(NC(=O)C4(C(=O)Nc5ccc(F)cc5)CC4)cc3F)c2cc1OC. The summed E-state index contributed by atoms with van der Waals surface area (Å²) in [4.78, 5) is 41.6. The number of carbonyl (C=O) groups is 3. The molecule has 0 bridgehead atoms. The molecule has 1 fully saturated rings. The van der Waals surface area contributed by atoms with Crippen molar-refractivity contribution in [1.29, 1.82) is 0 Å². The third-order valence-corrected chi connectivity index (χ3v) is 7.34. The molecule has 12 heteroatoms. The van der Waals surface area contributed by atoms with Gasteiger partial charge in [0.05, 0.1) is 19.2 Å². The molecule has 0 saturated heterocycles. The molecule has 3 N–H and O–H groups in total. The van der Waals surface area contributed by atoms with Crippen molar-refractivity contribution in [3.05, 3.63) is 78.5 Å². The third-order valence-electron chi connectivity index (χ3n) is 7.34. The normalized spacial score (nSPS) is 13.1. The predicted octanol–water partition coefficient (Wildman–Crippen LogP) is 5.97. The van der Waals surface area contributed by atoms with E-state index in [1.54, 1.807) is 25.1 Å². The average molecular weight is 619 g/mol. The number of ether oxygens (including phenoxy) is 3. The number of hydrogen-bond acceptors (Lipinski definition) is 7. The fourth-order valence-electron chi connectivity index (χ4n) is 4.59. The number of benzene rings is 3. The van der Waals surface area contributed by atoms with Gasteiger partial charge in [-0.1, -0.05) is 6.92 Å². The molecule has 3 aromatic carbocycles. The molecule has 3 amide bonds. The van der Waals surface area contributed by atoms with Crippen molar-refractivity contribution >= 4 is 40.0 Å². The van der Waals surface area contributed by atoms with Gasteiger partial charge in [0.25, 0.3) is 0 Å². The van der Waals surface area contributed by atoms with E-state index in [1.807, 2.05) is 0 Å². The average Bonchev–Trinajstić information content (AvgIpc) is 3.85. The van der Waals surface area contributed by atoms with Crippen LogP contribution in [0.15, 0.2) is 66.9 Å². The summed E-state index contributed by atoms with van der Waals surface area (Å²) in [7, 11) is 1.50. The van der Waals surface area contributed by atoms with E-state index in [4.69, 9.17) is 14.2 Å². The molecule has 1 aliphatic carbocycles. The smallest absolute Gasteiger partial charge is 0.240 e. The van der Waals surface area contributed by atoms with E-state index >= 15 is 4.39 Å². The molecule has 0 aliphatic heterocycles. The number of nitrogens with one attached hydrogen (secondary N) is 3. The number of hydrogen-bond donors (Lipinski definition) is 3. The zero-order valence-electron chi connectivity index (χ0n) is 24.7. The van der Waals surface area contributed by atoms with Gasteiger partial charge < -0.3 is 30.2 Å². The Hall–Kier alpha value is -5.26. The van der Waals surface area contributed by atoms with E-state index in [0.29, 0.717) is 72.7 Å². The van der Waals surface area contributed by atoms with Crippen LogP contribution in [-0.4, -0.2) is 43.0 Å². The van der Waals surface area contributed by atoms with E-state index in [-0.39, 0.29) is 17.3 Å². The monoisotopic (exact) mass is 618 g/mol. The highest BCUT2D eigenvalue weighted by atomic mass is 19.1. The summed E-state index contributed by atoms with van der Waals surface area (Å²) in [6.07, 6.45) is 3.20. The Morgan fingerprint density at radius 1 is 0.867 bits per heavy atom. The van der Waals surface area contributed by atoms with Gasteiger partial charge in [0.15, 0.2) is 23.1 Å². The molecule has 1 saturated carbocycles. The first-order chi connectivity index (χ1) is 21.7. The summed E-state index contributed by atoms with van der Waals surface area (Å²) in [6.45, 7) is 2.62. The van der Waals surface area contributed by atoms with Gasteiger partial charge in [-0.2, -0.15) is 0 Å². The van der Waals surface area contributed by atoms with Crippen molar-refractivity contribution in [2.45, 2.75) is 32.6 Å². The lowest BCUT2D eigenvalue weighted by molar-refractivity contribution is -0.131. The van der Waals surface area contributed by atoms with Crippen molar-refractivity contribution in [3.63, 3.8) is 0 Å². The number of amides is 3. The lowest BCUT2D eigenvalue weighted by atomic mass is 10.0. The van der Waals surface area contributed by atoms with Gasteiger partial charge in [0.1, 0.15) is 17.0 Å². The van der Waals surface area contributed by atoms with Crippen molar-refractivity contribution in [3.8, 4) is 23.0 Å². The van der Waals surface area contributed by atoms with Crippen LogP contribution in [0.1, 0.15) is 32.6 Å². The van der Waals surface area contributed by atoms with Crippen molar-refractivity contribution in [1.82, 2.24) is 10.3 Å². The second-order valence-electron chi connectivity index (χ2n) is 10.5. The highest BCUT2D eigenvalue weighted by Crippen LogP contribution is 2.47. The number of aromatic nitrogens is 1. The largest absolute Gasteiger partial charge is 0.493 e. The Bertz CT molecular complexity index is 1730. The second kappa shape index (κ2) is 13.6. The topological polar surface area (TPSA) is 128 Å². The molecule has 0 radical (unpaired) electrons. The first-order valence-electron chi connectivity index (χ1n) is 14.4. The first kappa shape index (κ1) is 31.2. The fraction of sp³-hybridized carbons (Fsp3) is 0.273. The lowest BCUT2D eigenvalue weighted by Crippen LogP contribution is -2.35. The molecule has 0 atom stereocenters. The molecular weight excluding hydrogens is 586 g/mol. The number of pyridine rings is 1. The number of fused-ring (bicyclic) bond motifs is 1. The standard InChI is InChI=1S/C33H32F2N4O6/c1-3-30(40)37-14-4-16-44-29-19-25-23(18-28(29)43-2)26(11-15-36-25)45-27-10-9-22(17-24(27)35)39-32(42)33(12-13-33)31(41)38-21-7-5-20(34)6-8-21/h5-11,15,17-19H,3-4,12-14,16H2,1-2H3,(H,37,40)(H,38,41)(H,39,42). The van der Waals surface area contributed by atoms with Gasteiger partial charge >= 0.3 is 0 Å². The van der Waals surface area contributed by atoms with E-state index in [9.17, 15) is 18.8 Å². The van der Waals surface area contributed by atoms with Gasteiger partial charge in [-0.3, -0.25) is 19.4 Å². The van der Waals surface area contributed by atoms with Crippen LogP contribution in [0.3, 0.4) is 0 Å². The zero-order valence-corrected chi connectivity index (χ0v) is 24.7. The molecule has 5 rings (SSSR count). The van der Waals surface area contributed by atoms with E-state index in [1.165, 1.54) is 49.7 Å². The van der Waals surface area contributed by atoms with E-state index in [2.05, 4.69) is 20.9 Å². The Balaban J connectivity index is 1.25.